The number of phenols is 1. The van der Waals surface area contributed by atoms with Gasteiger partial charge in [0.1, 0.15) is 11.6 Å². The van der Waals surface area contributed by atoms with Crippen molar-refractivity contribution in [2.45, 2.75) is 106 Å². The van der Waals surface area contributed by atoms with E-state index in [1.165, 1.54) is 22.3 Å². The molecule has 0 unspecified atom stereocenters. The molecule has 8 rings (SSSR count). The van der Waals surface area contributed by atoms with E-state index in [0.29, 0.717) is 17.7 Å². The number of hydrogen-bond acceptors (Lipinski definition) is 3. The molecule has 0 spiro atoms. The van der Waals surface area contributed by atoms with E-state index < -0.39 is 0 Å². The summed E-state index contributed by atoms with van der Waals surface area (Å²) in [7, 11) is 0. The number of pyridine rings is 1. The average molecular weight is 1020 g/mol. The molecule has 0 atom stereocenters. The predicted octanol–water partition coefficient (Wildman–Crippen LogP) is 16.1. The molecule has 0 bridgehead atoms. The molecule has 0 radical (unpaired) electrons. The minimum atomic E-state index is -0.153. The number of aromatic nitrogens is 3. The molecular weight excluding hydrogens is 962 g/mol. The minimum absolute atomic E-state index is 0. The van der Waals surface area contributed by atoms with Crippen molar-refractivity contribution >= 4 is 11.0 Å². The molecule has 2 heterocycles. The van der Waals surface area contributed by atoms with Crippen LogP contribution in [0.4, 0.5) is 0 Å². The van der Waals surface area contributed by atoms with Crippen molar-refractivity contribution in [1.29, 1.82) is 0 Å². The molecule has 2 aromatic heterocycles. The molecule has 8 aromatic rings. The van der Waals surface area contributed by atoms with Crippen molar-refractivity contribution in [2.75, 3.05) is 0 Å². The normalized spacial score (nSPS) is 11.9. The second-order valence-corrected chi connectivity index (χ2v) is 19.7. The van der Waals surface area contributed by atoms with Gasteiger partial charge in [0.15, 0.2) is 0 Å². The van der Waals surface area contributed by atoms with Gasteiger partial charge in [-0.2, -0.15) is 0 Å². The zero-order valence-electron chi connectivity index (χ0n) is 39.3. The van der Waals surface area contributed by atoms with Crippen LogP contribution in [0, 0.1) is 12.0 Å². The summed E-state index contributed by atoms with van der Waals surface area (Å²) in [5, 5.41) is 12.3. The number of para-hydroxylation sites is 1. The van der Waals surface area contributed by atoms with Gasteiger partial charge >= 0.3 is 0 Å². The van der Waals surface area contributed by atoms with E-state index in [1.54, 1.807) is 0 Å². The van der Waals surface area contributed by atoms with Crippen LogP contribution in [0.15, 0.2) is 134 Å². The molecule has 330 valence electrons. The Morgan fingerprint density at radius 1 is 0.609 bits per heavy atom. The van der Waals surface area contributed by atoms with Crippen LogP contribution in [-0.4, -0.2) is 19.6 Å². The van der Waals surface area contributed by atoms with Crippen LogP contribution >= 0.6 is 0 Å². The Bertz CT molecular complexity index is 2910. The SMILES string of the molecule is CC(C)Cc1ccc(-n2c(-c3cc(C(C)C)cc(C(C)C)c3O)nc3c(-c4[c-]c(-c5cc(-c6ccc(C(C)C)cc6)ccn5)cc(C(C)(C)C)c4)cccc32)c(-c2ccccc2)c1.[Pt]. The maximum Gasteiger partial charge on any atom is 0.148 e. The van der Waals surface area contributed by atoms with Crippen LogP contribution in [0.5, 0.6) is 5.75 Å². The quantitative estimate of drug-likeness (QED) is 0.131. The maximum absolute atomic E-state index is 12.3. The van der Waals surface area contributed by atoms with E-state index in [1.807, 2.05) is 6.20 Å². The zero-order chi connectivity index (χ0) is 44.7. The average Bonchev–Trinajstić information content (AvgIpc) is 3.65. The number of phenolic OH excluding ortho intramolecular Hbond substituents is 1. The van der Waals surface area contributed by atoms with Crippen molar-refractivity contribution in [2.24, 2.45) is 5.92 Å². The molecule has 0 aliphatic carbocycles. The first-order chi connectivity index (χ1) is 30.1. The van der Waals surface area contributed by atoms with Gasteiger partial charge in [0.2, 0.25) is 0 Å². The first kappa shape index (κ1) is 46.4. The summed E-state index contributed by atoms with van der Waals surface area (Å²) in [4.78, 5) is 10.6. The third-order valence-electron chi connectivity index (χ3n) is 12.4. The Morgan fingerprint density at radius 3 is 1.97 bits per heavy atom. The van der Waals surface area contributed by atoms with E-state index in [0.717, 1.165) is 78.9 Å². The summed E-state index contributed by atoms with van der Waals surface area (Å²) in [5.41, 5.74) is 17.6. The number of hydrogen-bond donors (Lipinski definition) is 1. The van der Waals surface area contributed by atoms with E-state index in [9.17, 15) is 5.11 Å². The fourth-order valence-corrected chi connectivity index (χ4v) is 8.69. The van der Waals surface area contributed by atoms with Crippen LogP contribution in [0.1, 0.15) is 122 Å². The molecule has 5 heteroatoms. The molecule has 0 amide bonds. The van der Waals surface area contributed by atoms with Crippen molar-refractivity contribution < 1.29 is 26.2 Å². The number of rotatable bonds is 11. The Balaban J connectivity index is 0.00000612. The monoisotopic (exact) mass is 1020 g/mol. The topological polar surface area (TPSA) is 50.9 Å². The fourth-order valence-electron chi connectivity index (χ4n) is 8.69. The van der Waals surface area contributed by atoms with Crippen LogP contribution in [0.2, 0.25) is 0 Å². The van der Waals surface area contributed by atoms with E-state index in [2.05, 4.69) is 214 Å². The number of benzene rings is 6. The molecule has 4 nitrogen and oxygen atoms in total. The summed E-state index contributed by atoms with van der Waals surface area (Å²) in [5.74, 6) is 2.34. The molecule has 6 aromatic carbocycles. The zero-order valence-corrected chi connectivity index (χ0v) is 41.6. The summed E-state index contributed by atoms with van der Waals surface area (Å²) in [6, 6.07) is 49.8. The van der Waals surface area contributed by atoms with Crippen LogP contribution < -0.4 is 0 Å². The van der Waals surface area contributed by atoms with Crippen molar-refractivity contribution in [1.82, 2.24) is 14.5 Å². The number of nitrogens with zero attached hydrogens (tertiary/aromatic N) is 3. The standard InChI is InChI=1S/C59H62N3O.Pt/c1-36(2)28-40-20-25-54(51(29-40)43-16-13-12-14-17-43)62-55-19-15-18-49(56(55)61-58(62)52-34-45(38(5)6)33-50(39(7)8)57(52)63)46-30-47(32-48(31-46)59(9,10)11)53-35-44(26-27-60-53)42-23-21-41(22-24-42)37(3)4;/h12-27,29,31-39,63H,28H2,1-11H3;/q-1;. The Hall–Kier alpha value is -5.57. The van der Waals surface area contributed by atoms with Gasteiger partial charge in [0, 0.05) is 38.5 Å². The van der Waals surface area contributed by atoms with E-state index >= 15 is 0 Å². The number of fused-ring (bicyclic) bond motifs is 1. The molecule has 0 saturated carbocycles. The Labute approximate surface area is 396 Å². The van der Waals surface area contributed by atoms with Crippen molar-refractivity contribution in [3.63, 3.8) is 0 Å². The van der Waals surface area contributed by atoms with E-state index in [4.69, 9.17) is 9.97 Å². The van der Waals surface area contributed by atoms with Gasteiger partial charge in [-0.05, 0) is 105 Å². The number of aromatic hydroxyl groups is 1. The van der Waals surface area contributed by atoms with Gasteiger partial charge in [-0.1, -0.05) is 172 Å². The summed E-state index contributed by atoms with van der Waals surface area (Å²) < 4.78 is 2.29. The molecule has 1 N–H and O–H groups in total. The largest absolute Gasteiger partial charge is 0.507 e. The van der Waals surface area contributed by atoms with Crippen molar-refractivity contribution in [3.05, 3.63) is 167 Å². The van der Waals surface area contributed by atoms with Gasteiger partial charge in [0.05, 0.1) is 22.3 Å². The van der Waals surface area contributed by atoms with Crippen LogP contribution in [-0.2, 0) is 32.9 Å². The first-order valence-electron chi connectivity index (χ1n) is 22.8. The first-order valence-corrected chi connectivity index (χ1v) is 22.8. The van der Waals surface area contributed by atoms with Crippen molar-refractivity contribution in [3.8, 4) is 67.5 Å². The Kier molecular flexibility index (Phi) is 13.7. The van der Waals surface area contributed by atoms with Gasteiger partial charge in [-0.25, -0.2) is 4.98 Å². The van der Waals surface area contributed by atoms with Gasteiger partial charge in [-0.15, -0.1) is 29.3 Å². The second kappa shape index (κ2) is 18.9. The number of imidazole rings is 1. The predicted molar refractivity (Wildman–Crippen MR) is 266 cm³/mol. The summed E-state index contributed by atoms with van der Waals surface area (Å²) in [6.07, 6.45) is 2.88. The maximum atomic E-state index is 12.3. The molecule has 0 aliphatic heterocycles. The molecular formula is C59H62N3OPt-. The minimum Gasteiger partial charge on any atom is -0.507 e. The summed E-state index contributed by atoms with van der Waals surface area (Å²) in [6.45, 7) is 24.5. The smallest absolute Gasteiger partial charge is 0.148 e. The molecule has 0 saturated heterocycles. The van der Waals surface area contributed by atoms with Gasteiger partial charge in [-0.3, -0.25) is 9.55 Å². The second-order valence-electron chi connectivity index (χ2n) is 19.7. The molecule has 0 aliphatic rings. The van der Waals surface area contributed by atoms with Gasteiger partial charge < -0.3 is 5.11 Å². The third-order valence-corrected chi connectivity index (χ3v) is 12.4. The molecule has 0 fully saturated rings. The van der Waals surface area contributed by atoms with Gasteiger partial charge in [0.25, 0.3) is 0 Å². The third kappa shape index (κ3) is 9.45. The molecule has 64 heavy (non-hydrogen) atoms. The fraction of sp³-hybridized carbons (Fsp3) is 0.288. The van der Waals surface area contributed by atoms with Crippen LogP contribution in [0.25, 0.3) is 72.7 Å². The van der Waals surface area contributed by atoms with Crippen LogP contribution in [0.3, 0.4) is 0 Å². The summed E-state index contributed by atoms with van der Waals surface area (Å²) >= 11 is 0. The Morgan fingerprint density at radius 2 is 1.31 bits per heavy atom. The van der Waals surface area contributed by atoms with E-state index in [-0.39, 0.29) is 44.1 Å².